The topological polar surface area (TPSA) is 58.6 Å². The molecule has 1 fully saturated rings. The van der Waals surface area contributed by atoms with Crippen molar-refractivity contribution in [2.75, 3.05) is 30.0 Å². The Kier molecular flexibility index (Phi) is 5.35. The number of carbonyl (C=O) groups excluding carboxylic acids is 2. The van der Waals surface area contributed by atoms with Gasteiger partial charge in [-0.05, 0) is 47.5 Å². The van der Waals surface area contributed by atoms with Crippen LogP contribution in [0.25, 0.3) is 11.1 Å². The number of halogens is 1. The maximum atomic E-state index is 14.3. The predicted octanol–water partition coefficient (Wildman–Crippen LogP) is 4.11. The van der Waals surface area contributed by atoms with E-state index < -0.39 is 11.7 Å². The molecule has 0 aliphatic carbocycles. The Hall–Kier alpha value is -3.51. The van der Waals surface area contributed by atoms with Gasteiger partial charge in [-0.25, -0.2) is 4.39 Å². The van der Waals surface area contributed by atoms with Crippen LogP contribution >= 0.6 is 0 Å². The fourth-order valence-corrected chi connectivity index (χ4v) is 3.22. The van der Waals surface area contributed by atoms with Crippen LogP contribution in [0.2, 0.25) is 0 Å². The van der Waals surface area contributed by atoms with Crippen LogP contribution in [0.3, 0.4) is 0 Å². The zero-order valence-electron chi connectivity index (χ0n) is 15.6. The van der Waals surface area contributed by atoms with Gasteiger partial charge in [0.05, 0.1) is 12.2 Å². The maximum absolute atomic E-state index is 14.3. The minimum Gasteiger partial charge on any atom is -0.370 e. The van der Waals surface area contributed by atoms with Gasteiger partial charge in [-0.15, -0.1) is 0 Å². The van der Waals surface area contributed by atoms with Gasteiger partial charge in [-0.1, -0.05) is 36.4 Å². The first-order valence-corrected chi connectivity index (χ1v) is 9.26. The van der Waals surface area contributed by atoms with Gasteiger partial charge in [0, 0.05) is 17.9 Å². The Morgan fingerprint density at radius 1 is 0.966 bits per heavy atom. The second-order valence-corrected chi connectivity index (χ2v) is 6.66. The largest absolute Gasteiger partial charge is 0.370 e. The van der Waals surface area contributed by atoms with Crippen molar-refractivity contribution < 1.29 is 18.7 Å². The van der Waals surface area contributed by atoms with E-state index in [2.05, 4.69) is 5.32 Å². The Labute approximate surface area is 167 Å². The first-order valence-electron chi connectivity index (χ1n) is 9.26. The van der Waals surface area contributed by atoms with E-state index >= 15 is 0 Å². The SMILES string of the molecule is O=C(Nc1ccc(N2CCOCC2=O)cc1)c1cc(-c2ccccc2)ccc1F. The summed E-state index contributed by atoms with van der Waals surface area (Å²) in [5, 5.41) is 2.71. The molecule has 3 aromatic rings. The van der Waals surface area contributed by atoms with E-state index in [0.29, 0.717) is 18.8 Å². The van der Waals surface area contributed by atoms with Crippen molar-refractivity contribution >= 4 is 23.2 Å². The number of morpholine rings is 1. The number of nitrogens with zero attached hydrogens (tertiary/aromatic N) is 1. The van der Waals surface area contributed by atoms with E-state index in [9.17, 15) is 14.0 Å². The fraction of sp³-hybridized carbons (Fsp3) is 0.130. The van der Waals surface area contributed by atoms with Gasteiger partial charge in [0.25, 0.3) is 11.8 Å². The molecule has 3 aromatic carbocycles. The second kappa shape index (κ2) is 8.24. The number of nitrogens with one attached hydrogen (secondary N) is 1. The number of anilines is 2. The molecule has 1 aliphatic rings. The minimum absolute atomic E-state index is 0.0289. The Morgan fingerprint density at radius 3 is 2.45 bits per heavy atom. The number of ether oxygens (including phenoxy) is 1. The third-order valence-electron chi connectivity index (χ3n) is 4.74. The van der Waals surface area contributed by atoms with Crippen LogP contribution in [0.15, 0.2) is 72.8 Å². The molecule has 0 aromatic heterocycles. The van der Waals surface area contributed by atoms with Gasteiger partial charge in [-0.2, -0.15) is 0 Å². The average Bonchev–Trinajstić information content (AvgIpc) is 2.76. The molecular formula is C23H19FN2O3. The van der Waals surface area contributed by atoms with Crippen molar-refractivity contribution in [3.63, 3.8) is 0 Å². The highest BCUT2D eigenvalue weighted by atomic mass is 19.1. The highest BCUT2D eigenvalue weighted by Crippen LogP contribution is 2.24. The number of hydrogen-bond acceptors (Lipinski definition) is 3. The summed E-state index contributed by atoms with van der Waals surface area (Å²) in [6.07, 6.45) is 0. The molecule has 4 rings (SSSR count). The van der Waals surface area contributed by atoms with Crippen LogP contribution in [-0.2, 0) is 9.53 Å². The van der Waals surface area contributed by atoms with Crippen LogP contribution in [-0.4, -0.2) is 31.6 Å². The molecule has 146 valence electrons. The number of rotatable bonds is 4. The van der Waals surface area contributed by atoms with Gasteiger partial charge in [0.2, 0.25) is 0 Å². The summed E-state index contributed by atoms with van der Waals surface area (Å²) in [4.78, 5) is 26.2. The van der Waals surface area contributed by atoms with Crippen molar-refractivity contribution in [3.05, 3.63) is 84.2 Å². The van der Waals surface area contributed by atoms with E-state index in [0.717, 1.165) is 16.8 Å². The van der Waals surface area contributed by atoms with Crippen molar-refractivity contribution in [1.29, 1.82) is 0 Å². The molecule has 6 heteroatoms. The van der Waals surface area contributed by atoms with Gasteiger partial charge in [0.15, 0.2) is 0 Å². The normalized spacial score (nSPS) is 14.0. The Bertz CT molecular complexity index is 1040. The van der Waals surface area contributed by atoms with E-state index in [1.54, 1.807) is 41.3 Å². The molecule has 2 amide bonds. The standard InChI is InChI=1S/C23H19FN2O3/c24-21-11-6-17(16-4-2-1-3-5-16)14-20(21)23(28)25-18-7-9-19(10-8-18)26-12-13-29-15-22(26)27/h1-11,14H,12-13,15H2,(H,25,28). The smallest absolute Gasteiger partial charge is 0.258 e. The lowest BCUT2D eigenvalue weighted by molar-refractivity contribution is -0.125. The summed E-state index contributed by atoms with van der Waals surface area (Å²) in [5.41, 5.74) is 2.88. The van der Waals surface area contributed by atoms with E-state index in [-0.39, 0.29) is 18.1 Å². The van der Waals surface area contributed by atoms with Gasteiger partial charge < -0.3 is 15.0 Å². The van der Waals surface area contributed by atoms with Crippen molar-refractivity contribution in [2.45, 2.75) is 0 Å². The number of benzene rings is 3. The lowest BCUT2D eigenvalue weighted by atomic mass is 10.0. The molecule has 1 saturated heterocycles. The second-order valence-electron chi connectivity index (χ2n) is 6.66. The molecule has 0 spiro atoms. The number of carbonyl (C=O) groups is 2. The van der Waals surface area contributed by atoms with Crippen molar-refractivity contribution in [2.24, 2.45) is 0 Å². The van der Waals surface area contributed by atoms with Crippen LogP contribution < -0.4 is 10.2 Å². The van der Waals surface area contributed by atoms with Gasteiger partial charge in [-0.3, -0.25) is 9.59 Å². The maximum Gasteiger partial charge on any atom is 0.258 e. The summed E-state index contributed by atoms with van der Waals surface area (Å²) >= 11 is 0. The molecule has 0 bridgehead atoms. The Balaban J connectivity index is 1.51. The van der Waals surface area contributed by atoms with Gasteiger partial charge in [0.1, 0.15) is 12.4 Å². The van der Waals surface area contributed by atoms with E-state index in [1.165, 1.54) is 6.07 Å². The third kappa shape index (κ3) is 4.17. The quantitative estimate of drug-likeness (QED) is 0.729. The van der Waals surface area contributed by atoms with E-state index in [4.69, 9.17) is 4.74 Å². The molecule has 5 nitrogen and oxygen atoms in total. The van der Waals surface area contributed by atoms with Crippen LogP contribution in [0.1, 0.15) is 10.4 Å². The Morgan fingerprint density at radius 2 is 1.72 bits per heavy atom. The lowest BCUT2D eigenvalue weighted by Gasteiger charge is -2.26. The first-order chi connectivity index (χ1) is 14.1. The molecule has 0 atom stereocenters. The minimum atomic E-state index is -0.585. The number of hydrogen-bond donors (Lipinski definition) is 1. The average molecular weight is 390 g/mol. The predicted molar refractivity (Wildman–Crippen MR) is 109 cm³/mol. The summed E-state index contributed by atoms with van der Waals surface area (Å²) in [7, 11) is 0. The van der Waals surface area contributed by atoms with Crippen LogP contribution in [0.5, 0.6) is 0 Å². The van der Waals surface area contributed by atoms with Gasteiger partial charge >= 0.3 is 0 Å². The zero-order chi connectivity index (χ0) is 20.2. The number of amides is 2. The highest BCUT2D eigenvalue weighted by Gasteiger charge is 2.20. The molecule has 1 heterocycles. The first kappa shape index (κ1) is 18.8. The summed E-state index contributed by atoms with van der Waals surface area (Å²) in [6.45, 7) is 1.04. The molecule has 1 aliphatic heterocycles. The molecule has 1 N–H and O–H groups in total. The lowest BCUT2D eigenvalue weighted by Crippen LogP contribution is -2.41. The molecule has 0 saturated carbocycles. The molecular weight excluding hydrogens is 371 g/mol. The van der Waals surface area contributed by atoms with Crippen LogP contribution in [0.4, 0.5) is 15.8 Å². The fourth-order valence-electron chi connectivity index (χ4n) is 3.22. The summed E-state index contributed by atoms with van der Waals surface area (Å²) in [5.74, 6) is -1.22. The summed E-state index contributed by atoms with van der Waals surface area (Å²) < 4.78 is 19.4. The molecule has 29 heavy (non-hydrogen) atoms. The van der Waals surface area contributed by atoms with Crippen molar-refractivity contribution in [3.8, 4) is 11.1 Å². The van der Waals surface area contributed by atoms with Crippen molar-refractivity contribution in [1.82, 2.24) is 0 Å². The monoisotopic (exact) mass is 390 g/mol. The zero-order valence-corrected chi connectivity index (χ0v) is 15.6. The van der Waals surface area contributed by atoms with E-state index in [1.807, 2.05) is 30.3 Å². The highest BCUT2D eigenvalue weighted by molar-refractivity contribution is 6.05. The third-order valence-corrected chi connectivity index (χ3v) is 4.74. The molecule has 0 radical (unpaired) electrons. The summed E-state index contributed by atoms with van der Waals surface area (Å²) in [6, 6.07) is 20.8. The molecule has 0 unspecified atom stereocenters. The van der Waals surface area contributed by atoms with Crippen LogP contribution in [0, 0.1) is 5.82 Å².